The third kappa shape index (κ3) is 6.67. The topological polar surface area (TPSA) is 56.2 Å². The fraction of sp³-hybridized carbons (Fsp3) is 0.652. The molecule has 0 saturated carbocycles. The number of rotatable bonds is 10. The maximum absolute atomic E-state index is 14.5. The van der Waals surface area contributed by atoms with Gasteiger partial charge in [-0.25, -0.2) is 4.39 Å². The lowest BCUT2D eigenvalue weighted by Gasteiger charge is -2.37. The van der Waals surface area contributed by atoms with Crippen molar-refractivity contribution in [3.8, 4) is 0 Å². The molecular formula is C23H33F4N3O2. The van der Waals surface area contributed by atoms with E-state index in [1.807, 2.05) is 0 Å². The van der Waals surface area contributed by atoms with Gasteiger partial charge in [0.15, 0.2) is 5.69 Å². The van der Waals surface area contributed by atoms with Gasteiger partial charge in [-0.05, 0) is 23.8 Å². The van der Waals surface area contributed by atoms with Gasteiger partial charge in [0.2, 0.25) is 0 Å². The van der Waals surface area contributed by atoms with E-state index in [1.165, 1.54) is 16.8 Å². The fourth-order valence-corrected chi connectivity index (χ4v) is 4.09. The highest BCUT2D eigenvalue weighted by Crippen LogP contribution is 2.31. The predicted molar refractivity (Wildman–Crippen MR) is 116 cm³/mol. The molecule has 2 aromatic rings. The van der Waals surface area contributed by atoms with Gasteiger partial charge in [0.05, 0.1) is 13.2 Å². The van der Waals surface area contributed by atoms with Gasteiger partial charge in [-0.2, -0.15) is 18.3 Å². The Morgan fingerprint density at radius 3 is 2.47 bits per heavy atom. The van der Waals surface area contributed by atoms with Gasteiger partial charge in [0.25, 0.3) is 5.91 Å². The smallest absolute Gasteiger partial charge is 0.370 e. The SMILES string of the molecule is CCCC(CC)C(NC(=O)c1nn(CCOCC(F)(F)F)c2c(F)cccc12)C(C)(C)C. The van der Waals surface area contributed by atoms with Crippen LogP contribution in [-0.2, 0) is 11.3 Å². The number of fused-ring (bicyclic) bond motifs is 1. The van der Waals surface area contributed by atoms with E-state index >= 15 is 0 Å². The van der Waals surface area contributed by atoms with E-state index in [2.05, 4.69) is 49.8 Å². The minimum atomic E-state index is -4.45. The normalized spacial score (nSPS) is 14.5. The Morgan fingerprint density at radius 2 is 1.91 bits per heavy atom. The average Bonchev–Trinajstić information content (AvgIpc) is 3.06. The second-order valence-electron chi connectivity index (χ2n) is 9.15. The first-order valence-electron chi connectivity index (χ1n) is 11.0. The minimum Gasteiger partial charge on any atom is -0.370 e. The number of hydrogen-bond acceptors (Lipinski definition) is 3. The summed E-state index contributed by atoms with van der Waals surface area (Å²) in [5, 5.41) is 7.67. The summed E-state index contributed by atoms with van der Waals surface area (Å²) < 4.78 is 57.3. The molecule has 0 saturated heterocycles. The molecule has 180 valence electrons. The molecular weight excluding hydrogens is 426 g/mol. The maximum Gasteiger partial charge on any atom is 0.411 e. The van der Waals surface area contributed by atoms with E-state index in [4.69, 9.17) is 0 Å². The zero-order valence-corrected chi connectivity index (χ0v) is 19.4. The van der Waals surface area contributed by atoms with Crippen molar-refractivity contribution >= 4 is 16.8 Å². The Labute approximate surface area is 186 Å². The number of nitrogens with one attached hydrogen (secondary N) is 1. The van der Waals surface area contributed by atoms with E-state index in [0.29, 0.717) is 5.39 Å². The van der Waals surface area contributed by atoms with Crippen LogP contribution in [0.1, 0.15) is 64.4 Å². The third-order valence-electron chi connectivity index (χ3n) is 5.52. The molecule has 2 rings (SSSR count). The van der Waals surface area contributed by atoms with E-state index < -0.39 is 24.5 Å². The molecule has 0 aliphatic heterocycles. The van der Waals surface area contributed by atoms with Crippen LogP contribution in [-0.4, -0.2) is 41.1 Å². The largest absolute Gasteiger partial charge is 0.411 e. The van der Waals surface area contributed by atoms with Crippen LogP contribution in [0.25, 0.3) is 10.9 Å². The number of benzene rings is 1. The highest BCUT2D eigenvalue weighted by Gasteiger charge is 2.33. The van der Waals surface area contributed by atoms with Crippen LogP contribution in [0.4, 0.5) is 17.6 Å². The molecule has 0 radical (unpaired) electrons. The summed E-state index contributed by atoms with van der Waals surface area (Å²) in [5.74, 6) is -0.760. The Morgan fingerprint density at radius 1 is 1.22 bits per heavy atom. The Hall–Kier alpha value is -2.16. The van der Waals surface area contributed by atoms with Crippen LogP contribution in [0, 0.1) is 17.2 Å². The van der Waals surface area contributed by atoms with Crippen molar-refractivity contribution in [1.29, 1.82) is 0 Å². The monoisotopic (exact) mass is 459 g/mol. The van der Waals surface area contributed by atoms with Crippen molar-refractivity contribution in [2.45, 2.75) is 72.6 Å². The number of aromatic nitrogens is 2. The molecule has 0 bridgehead atoms. The lowest BCUT2D eigenvalue weighted by molar-refractivity contribution is -0.174. The van der Waals surface area contributed by atoms with Gasteiger partial charge in [-0.1, -0.05) is 59.6 Å². The standard InChI is InChI=1S/C23H33F4N3O2/c1-6-9-15(7-2)20(22(3,4)5)28-21(31)18-16-10-8-11-17(24)19(16)30(29-18)12-13-32-14-23(25,26)27/h8,10-11,15,20H,6-7,9,12-14H2,1-5H3,(H,28,31). The quantitative estimate of drug-likeness (QED) is 0.365. The zero-order valence-electron chi connectivity index (χ0n) is 19.4. The molecule has 32 heavy (non-hydrogen) atoms. The summed E-state index contributed by atoms with van der Waals surface area (Å²) in [4.78, 5) is 13.2. The van der Waals surface area contributed by atoms with Gasteiger partial charge in [-0.3, -0.25) is 9.48 Å². The molecule has 1 aromatic heterocycles. The molecule has 0 spiro atoms. The molecule has 0 aliphatic rings. The molecule has 2 unspecified atom stereocenters. The number of alkyl halides is 3. The van der Waals surface area contributed by atoms with Crippen LogP contribution >= 0.6 is 0 Å². The van der Waals surface area contributed by atoms with Gasteiger partial charge in [-0.15, -0.1) is 0 Å². The van der Waals surface area contributed by atoms with Crippen molar-refractivity contribution < 1.29 is 27.1 Å². The van der Waals surface area contributed by atoms with Crippen molar-refractivity contribution in [3.05, 3.63) is 29.7 Å². The molecule has 2 atom stereocenters. The molecule has 1 heterocycles. The Kier molecular flexibility index (Phi) is 8.67. The van der Waals surface area contributed by atoms with Crippen molar-refractivity contribution in [2.24, 2.45) is 11.3 Å². The van der Waals surface area contributed by atoms with E-state index in [1.54, 1.807) is 6.07 Å². The van der Waals surface area contributed by atoms with Gasteiger partial charge in [0.1, 0.15) is 17.9 Å². The van der Waals surface area contributed by atoms with Crippen molar-refractivity contribution in [3.63, 3.8) is 0 Å². The number of halogens is 4. The number of carbonyl (C=O) groups is 1. The van der Waals surface area contributed by atoms with Crippen molar-refractivity contribution in [1.82, 2.24) is 15.1 Å². The number of carbonyl (C=O) groups excluding carboxylic acids is 1. The van der Waals surface area contributed by atoms with Gasteiger partial charge >= 0.3 is 6.18 Å². The molecule has 1 N–H and O–H groups in total. The number of ether oxygens (including phenoxy) is 1. The summed E-state index contributed by atoms with van der Waals surface area (Å²) in [5.41, 5.74) is -0.0855. The van der Waals surface area contributed by atoms with Crippen LogP contribution < -0.4 is 5.32 Å². The molecule has 0 fully saturated rings. The zero-order chi connectivity index (χ0) is 24.1. The van der Waals surface area contributed by atoms with Crippen LogP contribution in [0.2, 0.25) is 0 Å². The molecule has 1 amide bonds. The first-order chi connectivity index (χ1) is 14.9. The predicted octanol–water partition coefficient (Wildman–Crippen LogP) is 5.73. The lowest BCUT2D eigenvalue weighted by Crippen LogP contribution is -2.48. The second kappa shape index (κ2) is 10.6. The minimum absolute atomic E-state index is 0.0518. The summed E-state index contributed by atoms with van der Waals surface area (Å²) in [6.07, 6.45) is -1.60. The number of hydrogen-bond donors (Lipinski definition) is 1. The molecule has 5 nitrogen and oxygen atoms in total. The molecule has 9 heteroatoms. The average molecular weight is 460 g/mol. The highest BCUT2D eigenvalue weighted by molar-refractivity contribution is 6.05. The van der Waals surface area contributed by atoms with E-state index in [9.17, 15) is 22.4 Å². The van der Waals surface area contributed by atoms with Crippen LogP contribution in [0.3, 0.4) is 0 Å². The van der Waals surface area contributed by atoms with Crippen LogP contribution in [0.15, 0.2) is 18.2 Å². The van der Waals surface area contributed by atoms with E-state index in [-0.39, 0.29) is 41.7 Å². The Bertz CT molecular complexity index is 903. The Balaban J connectivity index is 2.32. The number of amides is 1. The van der Waals surface area contributed by atoms with Gasteiger partial charge < -0.3 is 10.1 Å². The van der Waals surface area contributed by atoms with E-state index in [0.717, 1.165) is 19.3 Å². The molecule has 0 aliphatic carbocycles. The fourth-order valence-electron chi connectivity index (χ4n) is 4.09. The molecule has 1 aromatic carbocycles. The summed E-state index contributed by atoms with van der Waals surface area (Å²) in [6.45, 7) is 8.54. The lowest BCUT2D eigenvalue weighted by atomic mass is 9.76. The summed E-state index contributed by atoms with van der Waals surface area (Å²) in [7, 11) is 0. The van der Waals surface area contributed by atoms with Crippen molar-refractivity contribution in [2.75, 3.05) is 13.2 Å². The maximum atomic E-state index is 14.5. The summed E-state index contributed by atoms with van der Waals surface area (Å²) >= 11 is 0. The van der Waals surface area contributed by atoms with Gasteiger partial charge in [0, 0.05) is 11.4 Å². The first kappa shape index (κ1) is 26.1. The number of nitrogens with zero attached hydrogens (tertiary/aromatic N) is 2. The first-order valence-corrected chi connectivity index (χ1v) is 11.0. The second-order valence-corrected chi connectivity index (χ2v) is 9.15. The summed E-state index contributed by atoms with van der Waals surface area (Å²) in [6, 6.07) is 4.17. The third-order valence-corrected chi connectivity index (χ3v) is 5.52. The number of para-hydroxylation sites is 1. The highest BCUT2D eigenvalue weighted by atomic mass is 19.4. The van der Waals surface area contributed by atoms with Crippen LogP contribution in [0.5, 0.6) is 0 Å².